The van der Waals surface area contributed by atoms with E-state index in [1.165, 1.54) is 5.06 Å². The molecule has 1 atom stereocenters. The van der Waals surface area contributed by atoms with Crippen LogP contribution in [0.15, 0.2) is 5.70 Å². The van der Waals surface area contributed by atoms with Crippen molar-refractivity contribution in [3.8, 4) is 0 Å². The maximum absolute atomic E-state index is 10.8. The lowest BCUT2D eigenvalue weighted by atomic mass is 9.96. The minimum atomic E-state index is -0.860. The molecule has 0 spiro atoms. The summed E-state index contributed by atoms with van der Waals surface area (Å²) in [6.07, 6.45) is 2.66. The smallest absolute Gasteiger partial charge is 0.306 e. The molecule has 0 aromatic heterocycles. The van der Waals surface area contributed by atoms with Crippen molar-refractivity contribution in [1.82, 2.24) is 5.06 Å². The molecule has 1 fully saturated rings. The van der Waals surface area contributed by atoms with Gasteiger partial charge in [-0.15, -0.1) is 0 Å². The number of hydrogen-bond donors (Lipinski definition) is 1. The lowest BCUT2D eigenvalue weighted by molar-refractivity contribution is -0.158. The summed E-state index contributed by atoms with van der Waals surface area (Å²) in [6, 6.07) is 0. The van der Waals surface area contributed by atoms with Gasteiger partial charge in [-0.1, -0.05) is 13.3 Å². The van der Waals surface area contributed by atoms with Crippen molar-refractivity contribution >= 4 is 11.9 Å². The topological polar surface area (TPSA) is 66.8 Å². The highest BCUT2D eigenvalue weighted by molar-refractivity contribution is 5.71. The summed E-state index contributed by atoms with van der Waals surface area (Å²) in [7, 11) is 0. The number of rotatable bonds is 5. The van der Waals surface area contributed by atoms with Crippen molar-refractivity contribution in [2.24, 2.45) is 5.92 Å². The predicted octanol–water partition coefficient (Wildman–Crippen LogP) is 1.23. The predicted molar refractivity (Wildman–Crippen MR) is 57.1 cm³/mol. The van der Waals surface area contributed by atoms with Crippen molar-refractivity contribution in [2.45, 2.75) is 32.6 Å². The summed E-state index contributed by atoms with van der Waals surface area (Å²) < 4.78 is 0. The normalized spacial score (nSPS) is 20.7. The zero-order chi connectivity index (χ0) is 12.0. The first-order chi connectivity index (χ1) is 7.69. The van der Waals surface area contributed by atoms with Crippen LogP contribution in [-0.4, -0.2) is 35.2 Å². The van der Waals surface area contributed by atoms with Crippen LogP contribution in [0.2, 0.25) is 0 Å². The van der Waals surface area contributed by atoms with Crippen molar-refractivity contribution in [1.29, 1.82) is 0 Å². The van der Waals surface area contributed by atoms with E-state index in [1.54, 1.807) is 5.94 Å². The SMILES string of the molecule is CCCCON1CCC(C(=O)O)CC1=C=O. The average molecular weight is 227 g/mol. The van der Waals surface area contributed by atoms with E-state index in [1.807, 2.05) is 0 Å². The average Bonchev–Trinajstić information content (AvgIpc) is 2.29. The molecular formula is C11H17NO4. The van der Waals surface area contributed by atoms with E-state index < -0.39 is 11.9 Å². The van der Waals surface area contributed by atoms with E-state index in [-0.39, 0.29) is 6.42 Å². The maximum Gasteiger partial charge on any atom is 0.306 e. The second kappa shape index (κ2) is 6.30. The van der Waals surface area contributed by atoms with Gasteiger partial charge in [-0.05, 0) is 12.8 Å². The van der Waals surface area contributed by atoms with E-state index in [0.29, 0.717) is 25.3 Å². The van der Waals surface area contributed by atoms with Crippen molar-refractivity contribution in [2.75, 3.05) is 13.2 Å². The van der Waals surface area contributed by atoms with Gasteiger partial charge in [0, 0.05) is 13.0 Å². The summed E-state index contributed by atoms with van der Waals surface area (Å²) in [6.45, 7) is 3.06. The molecule has 0 amide bonds. The molecule has 16 heavy (non-hydrogen) atoms. The van der Waals surface area contributed by atoms with Gasteiger partial charge in [0.15, 0.2) is 0 Å². The van der Waals surface area contributed by atoms with Crippen LogP contribution < -0.4 is 0 Å². The Hall–Kier alpha value is -1.32. The Kier molecular flexibility index (Phi) is 5.02. The van der Waals surface area contributed by atoms with Gasteiger partial charge < -0.3 is 5.11 Å². The maximum atomic E-state index is 10.8. The summed E-state index contributed by atoms with van der Waals surface area (Å²) in [4.78, 5) is 26.9. The van der Waals surface area contributed by atoms with E-state index >= 15 is 0 Å². The molecular weight excluding hydrogens is 210 g/mol. The van der Waals surface area contributed by atoms with Gasteiger partial charge in [0.1, 0.15) is 11.6 Å². The van der Waals surface area contributed by atoms with E-state index in [4.69, 9.17) is 9.94 Å². The van der Waals surface area contributed by atoms with E-state index in [0.717, 1.165) is 12.8 Å². The molecule has 0 bridgehead atoms. The van der Waals surface area contributed by atoms with Crippen LogP contribution in [0.25, 0.3) is 0 Å². The Morgan fingerprint density at radius 3 is 3.00 bits per heavy atom. The van der Waals surface area contributed by atoms with Gasteiger partial charge in [0.05, 0.1) is 12.5 Å². The molecule has 90 valence electrons. The van der Waals surface area contributed by atoms with Crippen molar-refractivity contribution < 1.29 is 19.5 Å². The lowest BCUT2D eigenvalue weighted by Crippen LogP contribution is -2.35. The number of aliphatic carboxylic acids is 1. The third kappa shape index (κ3) is 3.36. The number of carboxylic acid groups (broad SMARTS) is 1. The second-order valence-corrected chi connectivity index (χ2v) is 3.87. The number of nitrogens with zero attached hydrogens (tertiary/aromatic N) is 1. The Bertz CT molecular complexity index is 296. The summed E-state index contributed by atoms with van der Waals surface area (Å²) in [5.74, 6) is 0.426. The first-order valence-corrected chi connectivity index (χ1v) is 5.56. The van der Waals surface area contributed by atoms with Gasteiger partial charge in [-0.3, -0.25) is 9.63 Å². The minimum absolute atomic E-state index is 0.213. The van der Waals surface area contributed by atoms with E-state index in [9.17, 15) is 9.59 Å². The first kappa shape index (κ1) is 12.7. The largest absolute Gasteiger partial charge is 0.481 e. The molecule has 1 unspecified atom stereocenters. The molecule has 0 aliphatic carbocycles. The van der Waals surface area contributed by atoms with Gasteiger partial charge >= 0.3 is 5.97 Å². The highest BCUT2D eigenvalue weighted by Gasteiger charge is 2.29. The number of hydroxylamine groups is 2. The van der Waals surface area contributed by atoms with Crippen LogP contribution in [0, 0.1) is 5.92 Å². The molecule has 1 aliphatic heterocycles. The zero-order valence-corrected chi connectivity index (χ0v) is 9.44. The van der Waals surface area contributed by atoms with Crippen molar-refractivity contribution in [3.63, 3.8) is 0 Å². The lowest BCUT2D eigenvalue weighted by Gasteiger charge is -2.30. The fourth-order valence-electron chi connectivity index (χ4n) is 1.61. The highest BCUT2D eigenvalue weighted by atomic mass is 16.7. The Labute approximate surface area is 94.6 Å². The van der Waals surface area contributed by atoms with Crippen LogP contribution >= 0.6 is 0 Å². The first-order valence-electron chi connectivity index (χ1n) is 5.56. The molecule has 0 aromatic carbocycles. The third-order valence-corrected chi connectivity index (χ3v) is 2.63. The number of hydrogen-bond acceptors (Lipinski definition) is 4. The van der Waals surface area contributed by atoms with Crippen LogP contribution in [0.4, 0.5) is 0 Å². The molecule has 0 radical (unpaired) electrons. The van der Waals surface area contributed by atoms with E-state index in [2.05, 4.69) is 6.92 Å². The minimum Gasteiger partial charge on any atom is -0.481 e. The van der Waals surface area contributed by atoms with Crippen LogP contribution in [0.1, 0.15) is 32.6 Å². The number of unbranched alkanes of at least 4 members (excludes halogenated alkanes) is 1. The zero-order valence-electron chi connectivity index (χ0n) is 9.44. The Balaban J connectivity index is 2.49. The Morgan fingerprint density at radius 2 is 2.44 bits per heavy atom. The van der Waals surface area contributed by atoms with Crippen LogP contribution in [-0.2, 0) is 14.4 Å². The molecule has 5 nitrogen and oxygen atoms in total. The number of carbonyl (C=O) groups excluding carboxylic acids is 1. The molecule has 5 heteroatoms. The fourth-order valence-corrected chi connectivity index (χ4v) is 1.61. The molecule has 1 rings (SSSR count). The van der Waals surface area contributed by atoms with Gasteiger partial charge in [0.2, 0.25) is 0 Å². The number of carboxylic acids is 1. The van der Waals surface area contributed by atoms with Crippen LogP contribution in [0.3, 0.4) is 0 Å². The number of allylic oxidation sites excluding steroid dienone is 1. The second-order valence-electron chi connectivity index (χ2n) is 3.87. The summed E-state index contributed by atoms with van der Waals surface area (Å²) in [5.41, 5.74) is 0.315. The van der Waals surface area contributed by atoms with Gasteiger partial charge in [0.25, 0.3) is 0 Å². The number of piperidine rings is 1. The monoisotopic (exact) mass is 227 g/mol. The number of carbonyl (C=O) groups is 1. The molecule has 0 saturated carbocycles. The third-order valence-electron chi connectivity index (χ3n) is 2.63. The van der Waals surface area contributed by atoms with Gasteiger partial charge in [-0.2, -0.15) is 0 Å². The molecule has 0 aromatic rings. The summed E-state index contributed by atoms with van der Waals surface area (Å²) >= 11 is 0. The standard InChI is InChI=1S/C11H17NO4/c1-2-3-6-16-12-5-4-9(11(14)15)7-10(12)8-13/h9H,2-7H2,1H3,(H,14,15). The van der Waals surface area contributed by atoms with Gasteiger partial charge in [-0.25, -0.2) is 9.86 Å². The fraction of sp³-hybridized carbons (Fsp3) is 0.727. The molecule has 1 N–H and O–H groups in total. The summed E-state index contributed by atoms with van der Waals surface area (Å²) in [5, 5.41) is 10.3. The molecule has 1 heterocycles. The van der Waals surface area contributed by atoms with Crippen LogP contribution in [0.5, 0.6) is 0 Å². The van der Waals surface area contributed by atoms with Crippen molar-refractivity contribution in [3.05, 3.63) is 5.70 Å². The quantitative estimate of drug-likeness (QED) is 0.565. The Morgan fingerprint density at radius 1 is 1.69 bits per heavy atom. The highest BCUT2D eigenvalue weighted by Crippen LogP contribution is 2.24. The molecule has 1 aliphatic rings. The molecule has 1 saturated heterocycles.